The number of rotatable bonds is 1. The van der Waals surface area contributed by atoms with Crippen LogP contribution in [0.15, 0.2) is 23.1 Å². The average molecular weight is 247 g/mol. The molecule has 0 bridgehead atoms. The van der Waals surface area contributed by atoms with Crippen LogP contribution in [0.2, 0.25) is 0 Å². The van der Waals surface area contributed by atoms with Gasteiger partial charge in [0, 0.05) is 16.6 Å². The summed E-state index contributed by atoms with van der Waals surface area (Å²) in [7, 11) is -4.37. The molecule has 80 valence electrons. The number of aryl methyl sites for hydroxylation is 2. The second-order valence-corrected chi connectivity index (χ2v) is 4.92. The molecule has 0 aliphatic heterocycles. The van der Waals surface area contributed by atoms with Crippen molar-refractivity contribution in [2.75, 3.05) is 0 Å². The minimum atomic E-state index is -4.37. The van der Waals surface area contributed by atoms with Crippen LogP contribution in [-0.4, -0.2) is 18.0 Å². The molecule has 0 unspecified atom stereocenters. The summed E-state index contributed by atoms with van der Waals surface area (Å²) in [6, 6.07) is 4.34. The average Bonchev–Trinajstić information content (AvgIpc) is 2.41. The minimum Gasteiger partial charge on any atom is -0.744 e. The summed E-state index contributed by atoms with van der Waals surface area (Å²) in [5, 5.41) is 0.782. The van der Waals surface area contributed by atoms with Crippen LogP contribution in [0.1, 0.15) is 11.3 Å². The van der Waals surface area contributed by atoms with Gasteiger partial charge in [-0.15, -0.1) is 0 Å². The number of benzene rings is 1. The van der Waals surface area contributed by atoms with E-state index in [4.69, 9.17) is 0 Å². The summed E-state index contributed by atoms with van der Waals surface area (Å²) in [5.41, 5.74) is 2.79. The van der Waals surface area contributed by atoms with Gasteiger partial charge in [0.05, 0.1) is 4.90 Å². The molecule has 2 aromatic rings. The molecule has 2 rings (SSSR count). The fourth-order valence-electron chi connectivity index (χ4n) is 1.60. The summed E-state index contributed by atoms with van der Waals surface area (Å²) in [4.78, 5) is 2.93. The van der Waals surface area contributed by atoms with Gasteiger partial charge in [-0.05, 0) is 37.6 Å². The zero-order valence-electron chi connectivity index (χ0n) is 9.37. The van der Waals surface area contributed by atoms with E-state index in [9.17, 15) is 13.0 Å². The van der Waals surface area contributed by atoms with Gasteiger partial charge in [-0.1, -0.05) is 0 Å². The molecule has 0 atom stereocenters. The summed E-state index contributed by atoms with van der Waals surface area (Å²) >= 11 is 0. The van der Waals surface area contributed by atoms with Gasteiger partial charge in [0.15, 0.2) is 0 Å². The molecular formula is C10H10NNaO3S. The van der Waals surface area contributed by atoms with E-state index in [-0.39, 0.29) is 34.5 Å². The van der Waals surface area contributed by atoms with Crippen molar-refractivity contribution in [1.29, 1.82) is 0 Å². The van der Waals surface area contributed by atoms with E-state index in [0.29, 0.717) is 0 Å². The predicted octanol–water partition coefficient (Wildman–Crippen LogP) is -1.31. The molecule has 0 saturated heterocycles. The standard InChI is InChI=1S/C10H11NO3S.Na/c1-6-7(2)11-10-4-3-8(5-9(6)10)15(12,13)14;/h3-5,11H,1-2H3,(H,12,13,14);/q;+1/p-1. The van der Waals surface area contributed by atoms with Gasteiger partial charge >= 0.3 is 29.6 Å². The first kappa shape index (κ1) is 13.7. The van der Waals surface area contributed by atoms with Crippen molar-refractivity contribution < 1.29 is 42.5 Å². The van der Waals surface area contributed by atoms with Crippen molar-refractivity contribution in [3.05, 3.63) is 29.5 Å². The van der Waals surface area contributed by atoms with Gasteiger partial charge in [0.1, 0.15) is 10.1 Å². The number of aromatic nitrogens is 1. The summed E-state index contributed by atoms with van der Waals surface area (Å²) < 4.78 is 32.5. The summed E-state index contributed by atoms with van der Waals surface area (Å²) in [6.45, 7) is 3.79. The SMILES string of the molecule is Cc1[nH]c2ccc(S(=O)(=O)[O-])cc2c1C.[Na+]. The second kappa shape index (κ2) is 4.50. The van der Waals surface area contributed by atoms with Gasteiger partial charge < -0.3 is 9.54 Å². The van der Waals surface area contributed by atoms with Crippen molar-refractivity contribution in [3.63, 3.8) is 0 Å². The molecule has 0 aliphatic rings. The van der Waals surface area contributed by atoms with E-state index < -0.39 is 10.1 Å². The molecule has 0 amide bonds. The number of hydrogen-bond donors (Lipinski definition) is 1. The smallest absolute Gasteiger partial charge is 0.744 e. The summed E-state index contributed by atoms with van der Waals surface area (Å²) in [6.07, 6.45) is 0. The van der Waals surface area contributed by atoms with Crippen LogP contribution < -0.4 is 29.6 Å². The van der Waals surface area contributed by atoms with E-state index in [1.165, 1.54) is 12.1 Å². The molecule has 4 nitrogen and oxygen atoms in total. The maximum Gasteiger partial charge on any atom is 1.00 e. The van der Waals surface area contributed by atoms with Gasteiger partial charge in [-0.2, -0.15) is 0 Å². The first-order valence-corrected chi connectivity index (χ1v) is 5.85. The van der Waals surface area contributed by atoms with Crippen LogP contribution in [0.5, 0.6) is 0 Å². The Labute approximate surface area is 116 Å². The molecule has 1 N–H and O–H groups in total. The summed E-state index contributed by atoms with van der Waals surface area (Å²) in [5.74, 6) is 0. The number of hydrogen-bond acceptors (Lipinski definition) is 3. The molecule has 1 heterocycles. The molecule has 0 radical (unpaired) electrons. The van der Waals surface area contributed by atoms with Crippen molar-refractivity contribution in [1.82, 2.24) is 4.98 Å². The Bertz CT molecular complexity index is 631. The largest absolute Gasteiger partial charge is 1.00 e. The Balaban J connectivity index is 0.00000128. The topological polar surface area (TPSA) is 73.0 Å². The molecule has 0 saturated carbocycles. The van der Waals surface area contributed by atoms with Crippen LogP contribution >= 0.6 is 0 Å². The molecule has 1 aromatic carbocycles. The first-order valence-electron chi connectivity index (χ1n) is 4.44. The first-order chi connectivity index (χ1) is 6.89. The van der Waals surface area contributed by atoms with Crippen LogP contribution in [0.25, 0.3) is 10.9 Å². The van der Waals surface area contributed by atoms with Gasteiger partial charge in [0.2, 0.25) is 0 Å². The predicted molar refractivity (Wildman–Crippen MR) is 55.7 cm³/mol. The monoisotopic (exact) mass is 247 g/mol. The minimum absolute atomic E-state index is 0. The van der Waals surface area contributed by atoms with Gasteiger partial charge in [-0.3, -0.25) is 0 Å². The molecular weight excluding hydrogens is 237 g/mol. The fourth-order valence-corrected chi connectivity index (χ4v) is 2.09. The quantitative estimate of drug-likeness (QED) is 0.502. The van der Waals surface area contributed by atoms with E-state index in [1.54, 1.807) is 6.07 Å². The van der Waals surface area contributed by atoms with Crippen LogP contribution in [0.3, 0.4) is 0 Å². The second-order valence-electron chi connectivity index (χ2n) is 3.54. The normalized spacial score (nSPS) is 11.4. The number of nitrogens with one attached hydrogen (secondary N) is 1. The number of fused-ring (bicyclic) bond motifs is 1. The van der Waals surface area contributed by atoms with Crippen molar-refractivity contribution in [3.8, 4) is 0 Å². The van der Waals surface area contributed by atoms with Crippen molar-refractivity contribution in [2.24, 2.45) is 0 Å². The molecule has 0 fully saturated rings. The van der Waals surface area contributed by atoms with Crippen LogP contribution in [0.4, 0.5) is 0 Å². The third kappa shape index (κ3) is 2.33. The third-order valence-electron chi connectivity index (χ3n) is 2.57. The van der Waals surface area contributed by atoms with Crippen molar-refractivity contribution in [2.45, 2.75) is 18.7 Å². The Kier molecular flexibility index (Phi) is 3.87. The maximum atomic E-state index is 10.8. The van der Waals surface area contributed by atoms with Crippen LogP contribution in [-0.2, 0) is 10.1 Å². The Morgan fingerprint density at radius 3 is 2.44 bits per heavy atom. The molecule has 6 heteroatoms. The van der Waals surface area contributed by atoms with E-state index >= 15 is 0 Å². The Morgan fingerprint density at radius 2 is 1.88 bits per heavy atom. The van der Waals surface area contributed by atoms with Gasteiger partial charge in [0.25, 0.3) is 0 Å². The molecule has 1 aromatic heterocycles. The van der Waals surface area contributed by atoms with Crippen molar-refractivity contribution >= 4 is 21.0 Å². The maximum absolute atomic E-state index is 10.8. The zero-order valence-corrected chi connectivity index (χ0v) is 12.2. The Morgan fingerprint density at radius 1 is 1.25 bits per heavy atom. The molecule has 0 spiro atoms. The number of aromatic amines is 1. The van der Waals surface area contributed by atoms with E-state index in [1.807, 2.05) is 13.8 Å². The van der Waals surface area contributed by atoms with E-state index in [0.717, 1.165) is 22.2 Å². The number of H-pyrrole nitrogens is 1. The molecule has 0 aliphatic carbocycles. The Hall–Kier alpha value is -0.330. The molecule has 16 heavy (non-hydrogen) atoms. The van der Waals surface area contributed by atoms with E-state index in [2.05, 4.69) is 4.98 Å². The zero-order chi connectivity index (χ0) is 11.2. The third-order valence-corrected chi connectivity index (χ3v) is 3.40. The van der Waals surface area contributed by atoms with Gasteiger partial charge in [-0.25, -0.2) is 8.42 Å². The van der Waals surface area contributed by atoms with Crippen LogP contribution in [0, 0.1) is 13.8 Å². The fraction of sp³-hybridized carbons (Fsp3) is 0.200.